The van der Waals surface area contributed by atoms with E-state index in [1.165, 1.54) is 186 Å². The first-order valence-electron chi connectivity index (χ1n) is 33.7. The van der Waals surface area contributed by atoms with Gasteiger partial charge in [0.1, 0.15) is 13.2 Å². The molecular weight excluding hydrogens is 973 g/mol. The quantitative estimate of drug-likeness (QED) is 0.0261. The molecule has 0 N–H and O–H groups in total. The number of esters is 3. The van der Waals surface area contributed by atoms with Crippen LogP contribution in [-0.2, 0) is 28.6 Å². The molecule has 0 saturated carbocycles. The third-order valence-corrected chi connectivity index (χ3v) is 14.5. The monoisotopic (exact) mass is 1100 g/mol. The maximum absolute atomic E-state index is 13.0. The Balaban J connectivity index is 4.41. The second kappa shape index (κ2) is 66.8. The van der Waals surface area contributed by atoms with Crippen LogP contribution in [0.3, 0.4) is 0 Å². The summed E-state index contributed by atoms with van der Waals surface area (Å²) in [6.07, 6.45) is 89.8. The molecule has 0 aromatic rings. The standard InChI is InChI=1S/C73H126O6/c1-4-7-10-13-16-19-22-25-28-31-34-36-39-42-45-48-51-54-57-60-63-66-72(75)78-69-70(68-77-71(74)65-62-59-56-53-50-47-44-41-38-33-30-27-24-21-18-15-12-9-6-3)79-73(76)67-64-61-58-55-52-49-46-43-40-37-35-32-29-26-23-20-17-14-11-8-5-2/h7,10,16,18-19,21,23,25-28,30,32,34-36,70H,4-6,8-9,11-15,17,20,22,24,29,31,33,37-69H2,1-3H3/b10-7-,19-16-,21-18-,26-23-,28-25-,30-27-,35-32-,36-34-. The van der Waals surface area contributed by atoms with E-state index in [4.69, 9.17) is 14.2 Å². The first-order chi connectivity index (χ1) is 39.0. The lowest BCUT2D eigenvalue weighted by Gasteiger charge is -2.18. The summed E-state index contributed by atoms with van der Waals surface area (Å²) in [5, 5.41) is 0. The van der Waals surface area contributed by atoms with Gasteiger partial charge in [0, 0.05) is 19.3 Å². The van der Waals surface area contributed by atoms with Gasteiger partial charge < -0.3 is 14.2 Å². The molecule has 0 amide bonds. The van der Waals surface area contributed by atoms with Gasteiger partial charge in [-0.25, -0.2) is 0 Å². The zero-order valence-electron chi connectivity index (χ0n) is 52.1. The van der Waals surface area contributed by atoms with Crippen molar-refractivity contribution in [1.82, 2.24) is 0 Å². The normalized spacial score (nSPS) is 12.7. The van der Waals surface area contributed by atoms with Gasteiger partial charge in [-0.05, 0) is 122 Å². The number of ether oxygens (including phenoxy) is 3. The smallest absolute Gasteiger partial charge is 0.306 e. The van der Waals surface area contributed by atoms with E-state index in [0.717, 1.165) is 103 Å². The summed E-state index contributed by atoms with van der Waals surface area (Å²) in [4.78, 5) is 38.4. The van der Waals surface area contributed by atoms with E-state index in [1.54, 1.807) is 0 Å². The van der Waals surface area contributed by atoms with Crippen molar-refractivity contribution in [2.45, 2.75) is 335 Å². The van der Waals surface area contributed by atoms with Gasteiger partial charge >= 0.3 is 17.9 Å². The number of hydrogen-bond donors (Lipinski definition) is 0. The predicted molar refractivity (Wildman–Crippen MR) is 344 cm³/mol. The lowest BCUT2D eigenvalue weighted by Crippen LogP contribution is -2.30. The first kappa shape index (κ1) is 75.3. The summed E-state index contributed by atoms with van der Waals surface area (Å²) in [6.45, 7) is 6.52. The summed E-state index contributed by atoms with van der Waals surface area (Å²) in [6, 6.07) is 0. The number of unbranched alkanes of at least 4 members (excludes halogenated alkanes) is 34. The van der Waals surface area contributed by atoms with Gasteiger partial charge in [0.05, 0.1) is 0 Å². The molecule has 1 atom stereocenters. The highest BCUT2D eigenvalue weighted by Crippen LogP contribution is 2.16. The SMILES string of the molecule is CC/C=C\C/C=C\C/C=C\C/C=C\CCCCCCCCCCC(=O)OCC(COC(=O)CCCCCCCCCCC/C=C\C/C=C\CCCCC)OC(=O)CCCCCCCCCCC/C=C\C/C=C\CCCCCCC. The van der Waals surface area contributed by atoms with Gasteiger partial charge in [0.25, 0.3) is 0 Å². The first-order valence-corrected chi connectivity index (χ1v) is 33.7. The molecular formula is C73H126O6. The van der Waals surface area contributed by atoms with Gasteiger partial charge in [-0.15, -0.1) is 0 Å². The summed E-state index contributed by atoms with van der Waals surface area (Å²) >= 11 is 0. The average Bonchev–Trinajstić information content (AvgIpc) is 3.45. The molecule has 0 aliphatic carbocycles. The molecule has 0 spiro atoms. The molecule has 0 aliphatic heterocycles. The van der Waals surface area contributed by atoms with E-state index < -0.39 is 6.10 Å². The molecule has 0 aromatic heterocycles. The minimum Gasteiger partial charge on any atom is -0.462 e. The van der Waals surface area contributed by atoms with Crippen molar-refractivity contribution in [2.75, 3.05) is 13.2 Å². The topological polar surface area (TPSA) is 78.9 Å². The minimum absolute atomic E-state index is 0.0831. The van der Waals surface area contributed by atoms with Crippen molar-refractivity contribution in [2.24, 2.45) is 0 Å². The fourth-order valence-electron chi connectivity index (χ4n) is 9.50. The van der Waals surface area contributed by atoms with Crippen molar-refractivity contribution >= 4 is 17.9 Å². The van der Waals surface area contributed by atoms with E-state index in [2.05, 4.69) is 118 Å². The third-order valence-electron chi connectivity index (χ3n) is 14.5. The molecule has 6 nitrogen and oxygen atoms in total. The fourth-order valence-corrected chi connectivity index (χ4v) is 9.50. The maximum atomic E-state index is 13.0. The van der Waals surface area contributed by atoms with Crippen LogP contribution >= 0.6 is 0 Å². The van der Waals surface area contributed by atoms with Crippen LogP contribution in [0.15, 0.2) is 97.2 Å². The molecule has 0 saturated heterocycles. The number of rotatable bonds is 61. The van der Waals surface area contributed by atoms with Crippen LogP contribution in [0.2, 0.25) is 0 Å². The number of carbonyl (C=O) groups is 3. The number of hydrogen-bond acceptors (Lipinski definition) is 6. The van der Waals surface area contributed by atoms with Crippen molar-refractivity contribution in [3.05, 3.63) is 97.2 Å². The van der Waals surface area contributed by atoms with Crippen molar-refractivity contribution < 1.29 is 28.6 Å². The van der Waals surface area contributed by atoms with Gasteiger partial charge in [-0.1, -0.05) is 285 Å². The van der Waals surface area contributed by atoms with Crippen LogP contribution in [0.4, 0.5) is 0 Å². The average molecular weight is 1100 g/mol. The van der Waals surface area contributed by atoms with E-state index >= 15 is 0 Å². The van der Waals surface area contributed by atoms with Gasteiger partial charge in [0.15, 0.2) is 6.10 Å². The lowest BCUT2D eigenvalue weighted by atomic mass is 10.1. The Morgan fingerprint density at radius 3 is 0.797 bits per heavy atom. The molecule has 0 bridgehead atoms. The molecule has 6 heteroatoms. The van der Waals surface area contributed by atoms with Crippen molar-refractivity contribution in [3.8, 4) is 0 Å². The van der Waals surface area contributed by atoms with E-state index in [-0.39, 0.29) is 31.1 Å². The molecule has 79 heavy (non-hydrogen) atoms. The van der Waals surface area contributed by atoms with Crippen molar-refractivity contribution in [1.29, 1.82) is 0 Å². The van der Waals surface area contributed by atoms with E-state index in [1.807, 2.05) is 0 Å². The second-order valence-electron chi connectivity index (χ2n) is 22.3. The predicted octanol–water partition coefficient (Wildman–Crippen LogP) is 23.2. The van der Waals surface area contributed by atoms with E-state index in [0.29, 0.717) is 19.3 Å². The highest BCUT2D eigenvalue weighted by molar-refractivity contribution is 5.71. The van der Waals surface area contributed by atoms with Crippen LogP contribution in [0.1, 0.15) is 329 Å². The van der Waals surface area contributed by atoms with Crippen LogP contribution in [0.25, 0.3) is 0 Å². The Hall–Kier alpha value is -3.67. The van der Waals surface area contributed by atoms with Gasteiger partial charge in [-0.3, -0.25) is 14.4 Å². The molecule has 0 heterocycles. The molecule has 0 radical (unpaired) electrons. The molecule has 1 unspecified atom stereocenters. The van der Waals surface area contributed by atoms with E-state index in [9.17, 15) is 14.4 Å². The molecule has 0 aliphatic rings. The molecule has 0 rings (SSSR count). The number of allylic oxidation sites excluding steroid dienone is 16. The highest BCUT2D eigenvalue weighted by atomic mass is 16.6. The highest BCUT2D eigenvalue weighted by Gasteiger charge is 2.19. The number of carbonyl (C=O) groups excluding carboxylic acids is 3. The van der Waals surface area contributed by atoms with Crippen LogP contribution in [0.5, 0.6) is 0 Å². The lowest BCUT2D eigenvalue weighted by molar-refractivity contribution is -0.167. The van der Waals surface area contributed by atoms with Crippen molar-refractivity contribution in [3.63, 3.8) is 0 Å². The van der Waals surface area contributed by atoms with Crippen LogP contribution < -0.4 is 0 Å². The fraction of sp³-hybridized carbons (Fsp3) is 0.740. The Morgan fingerprint density at radius 2 is 0.494 bits per heavy atom. The Bertz CT molecular complexity index is 1540. The van der Waals surface area contributed by atoms with Crippen LogP contribution in [-0.4, -0.2) is 37.2 Å². The summed E-state index contributed by atoms with van der Waals surface area (Å²) in [7, 11) is 0. The maximum Gasteiger partial charge on any atom is 0.306 e. The largest absolute Gasteiger partial charge is 0.462 e. The Labute approximate surface area is 489 Å². The Morgan fingerprint density at radius 1 is 0.266 bits per heavy atom. The Kier molecular flexibility index (Phi) is 63.7. The van der Waals surface area contributed by atoms with Crippen LogP contribution in [0, 0.1) is 0 Å². The second-order valence-corrected chi connectivity index (χ2v) is 22.3. The third kappa shape index (κ3) is 65.0. The molecule has 0 fully saturated rings. The summed E-state index contributed by atoms with van der Waals surface area (Å²) < 4.78 is 17.0. The zero-order valence-corrected chi connectivity index (χ0v) is 52.1. The molecule has 454 valence electrons. The summed E-state index contributed by atoms with van der Waals surface area (Å²) in [5.74, 6) is -0.886. The van der Waals surface area contributed by atoms with Gasteiger partial charge in [0.2, 0.25) is 0 Å². The summed E-state index contributed by atoms with van der Waals surface area (Å²) in [5.41, 5.74) is 0. The minimum atomic E-state index is -0.788. The van der Waals surface area contributed by atoms with Gasteiger partial charge in [-0.2, -0.15) is 0 Å². The molecule has 0 aromatic carbocycles. The zero-order chi connectivity index (χ0) is 57.1.